The molecule has 0 unspecified atom stereocenters. The van der Waals surface area contributed by atoms with E-state index in [1.165, 1.54) is 24.5 Å². The molecule has 4 N–H and O–H groups in total. The molecule has 0 saturated carbocycles. The van der Waals surface area contributed by atoms with E-state index in [2.05, 4.69) is 25.9 Å². The Balaban J connectivity index is 1.45. The van der Waals surface area contributed by atoms with E-state index in [1.54, 1.807) is 26.1 Å². The quantitative estimate of drug-likeness (QED) is 0.322. The number of anilines is 2. The maximum Gasteiger partial charge on any atom is 0.319 e. The normalized spacial score (nSPS) is 12.0. The van der Waals surface area contributed by atoms with Gasteiger partial charge in [-0.1, -0.05) is 0 Å². The summed E-state index contributed by atoms with van der Waals surface area (Å²) in [7, 11) is 0. The second-order valence-corrected chi connectivity index (χ2v) is 7.33. The first-order chi connectivity index (χ1) is 15.3. The largest absolute Gasteiger partial charge is 0.456 e. The summed E-state index contributed by atoms with van der Waals surface area (Å²) in [5.41, 5.74) is 1.95. The summed E-state index contributed by atoms with van der Waals surface area (Å²) < 4.78 is 47.1. The maximum absolute atomic E-state index is 14.0. The lowest BCUT2D eigenvalue weighted by Gasteiger charge is -2.14. The molecule has 2 heterocycles. The van der Waals surface area contributed by atoms with Crippen LogP contribution in [0.3, 0.4) is 0 Å². The third-order valence-electron chi connectivity index (χ3n) is 4.93. The number of aromatic nitrogens is 2. The number of aromatic amines is 1. The SMILES string of the molecule is Cc1c([C@@H](C)NC(=O)Nc2cc(F)cc(NCc3cnc[nH]3)c2)oc2c(F)cc(F)cc12. The average molecular weight is 443 g/mol. The Bertz CT molecular complexity index is 1270. The third-order valence-corrected chi connectivity index (χ3v) is 4.93. The van der Waals surface area contributed by atoms with Crippen LogP contribution in [0.25, 0.3) is 11.0 Å². The van der Waals surface area contributed by atoms with Crippen LogP contribution >= 0.6 is 0 Å². The van der Waals surface area contributed by atoms with Crippen molar-refractivity contribution in [2.75, 3.05) is 10.6 Å². The number of fused-ring (bicyclic) bond motifs is 1. The molecule has 0 fully saturated rings. The molecule has 4 aromatic rings. The van der Waals surface area contributed by atoms with E-state index in [9.17, 15) is 18.0 Å². The summed E-state index contributed by atoms with van der Waals surface area (Å²) in [6, 6.07) is 4.70. The van der Waals surface area contributed by atoms with Gasteiger partial charge in [-0.25, -0.2) is 22.9 Å². The summed E-state index contributed by atoms with van der Waals surface area (Å²) in [5.74, 6) is -1.78. The lowest BCUT2D eigenvalue weighted by atomic mass is 10.1. The molecule has 2 aromatic carbocycles. The molecular formula is C22H20F3N5O2. The highest BCUT2D eigenvalue weighted by Gasteiger charge is 2.21. The van der Waals surface area contributed by atoms with Crippen LogP contribution in [0.2, 0.25) is 0 Å². The number of hydrogen-bond donors (Lipinski definition) is 4. The predicted molar refractivity (Wildman–Crippen MR) is 114 cm³/mol. The van der Waals surface area contributed by atoms with Gasteiger partial charge >= 0.3 is 6.03 Å². The Morgan fingerprint density at radius 3 is 2.62 bits per heavy atom. The fourth-order valence-electron chi connectivity index (χ4n) is 3.45. The molecule has 0 aliphatic heterocycles. The number of imidazole rings is 1. The molecule has 0 aliphatic carbocycles. The molecule has 32 heavy (non-hydrogen) atoms. The van der Waals surface area contributed by atoms with E-state index >= 15 is 0 Å². The number of carbonyl (C=O) groups excluding carboxylic acids is 1. The van der Waals surface area contributed by atoms with E-state index in [1.807, 2.05) is 0 Å². The fraction of sp³-hybridized carbons (Fsp3) is 0.182. The van der Waals surface area contributed by atoms with Crippen LogP contribution in [-0.4, -0.2) is 16.0 Å². The van der Waals surface area contributed by atoms with Gasteiger partial charge in [0.1, 0.15) is 17.4 Å². The standard InChI is InChI=1S/C22H20F3N5O2/c1-11-18-5-14(24)6-19(25)21(18)32-20(11)12(2)29-22(31)30-16-4-13(23)3-15(7-16)27-9-17-8-26-10-28-17/h3-8,10,12,27H,9H2,1-2H3,(H,26,28)(H2,29,30,31)/t12-/m1/s1. The van der Waals surface area contributed by atoms with Gasteiger partial charge in [0.15, 0.2) is 11.4 Å². The molecule has 7 nitrogen and oxygen atoms in total. The minimum Gasteiger partial charge on any atom is -0.456 e. The number of furan rings is 1. The Morgan fingerprint density at radius 2 is 1.88 bits per heavy atom. The Morgan fingerprint density at radius 1 is 1.12 bits per heavy atom. The van der Waals surface area contributed by atoms with Crippen LogP contribution in [0.15, 0.2) is 47.3 Å². The van der Waals surface area contributed by atoms with Crippen LogP contribution in [-0.2, 0) is 6.54 Å². The number of halogens is 3. The molecular weight excluding hydrogens is 423 g/mol. The number of nitrogens with one attached hydrogen (secondary N) is 4. The molecule has 4 rings (SSSR count). The van der Waals surface area contributed by atoms with Crippen molar-refractivity contribution in [1.82, 2.24) is 15.3 Å². The minimum atomic E-state index is -0.819. The number of H-pyrrole nitrogens is 1. The number of nitrogens with zero attached hydrogens (tertiary/aromatic N) is 1. The van der Waals surface area contributed by atoms with Gasteiger partial charge < -0.3 is 25.4 Å². The third kappa shape index (κ3) is 4.53. The number of aryl methyl sites for hydroxylation is 1. The Labute approximate surface area is 181 Å². The Hall–Kier alpha value is -3.95. The molecule has 0 saturated heterocycles. The van der Waals surface area contributed by atoms with E-state index in [0.717, 1.165) is 11.8 Å². The second-order valence-electron chi connectivity index (χ2n) is 7.33. The highest BCUT2D eigenvalue weighted by molar-refractivity contribution is 5.90. The number of rotatable bonds is 6. The number of hydrogen-bond acceptors (Lipinski definition) is 4. The first-order valence-electron chi connectivity index (χ1n) is 9.77. The van der Waals surface area contributed by atoms with Crippen molar-refractivity contribution in [3.05, 3.63) is 77.3 Å². The molecule has 0 radical (unpaired) electrons. The van der Waals surface area contributed by atoms with Gasteiger partial charge in [0.25, 0.3) is 0 Å². The summed E-state index contributed by atoms with van der Waals surface area (Å²) in [6.45, 7) is 3.69. The van der Waals surface area contributed by atoms with Crippen molar-refractivity contribution >= 4 is 28.4 Å². The van der Waals surface area contributed by atoms with Crippen molar-refractivity contribution in [2.24, 2.45) is 0 Å². The van der Waals surface area contributed by atoms with E-state index in [0.29, 0.717) is 28.9 Å². The molecule has 2 aromatic heterocycles. The average Bonchev–Trinajstić information content (AvgIpc) is 3.34. The maximum atomic E-state index is 14.0. The minimum absolute atomic E-state index is 0.0777. The summed E-state index contributed by atoms with van der Waals surface area (Å²) in [4.78, 5) is 19.3. The zero-order chi connectivity index (χ0) is 22.8. The highest BCUT2D eigenvalue weighted by atomic mass is 19.1. The van der Waals surface area contributed by atoms with Gasteiger partial charge in [-0.05, 0) is 38.1 Å². The first-order valence-corrected chi connectivity index (χ1v) is 9.77. The lowest BCUT2D eigenvalue weighted by Crippen LogP contribution is -2.31. The highest BCUT2D eigenvalue weighted by Crippen LogP contribution is 2.31. The van der Waals surface area contributed by atoms with Crippen LogP contribution < -0.4 is 16.0 Å². The van der Waals surface area contributed by atoms with Crippen molar-refractivity contribution in [3.8, 4) is 0 Å². The molecule has 10 heteroatoms. The molecule has 0 spiro atoms. The summed E-state index contributed by atoms with van der Waals surface area (Å²) >= 11 is 0. The van der Waals surface area contributed by atoms with Crippen LogP contribution in [0.4, 0.5) is 29.3 Å². The van der Waals surface area contributed by atoms with Crippen LogP contribution in [0, 0.1) is 24.4 Å². The molecule has 0 bridgehead atoms. The van der Waals surface area contributed by atoms with Crippen LogP contribution in [0.1, 0.15) is 30.0 Å². The van der Waals surface area contributed by atoms with Gasteiger partial charge in [0.2, 0.25) is 0 Å². The molecule has 2 amide bonds. The van der Waals surface area contributed by atoms with Crippen molar-refractivity contribution in [3.63, 3.8) is 0 Å². The van der Waals surface area contributed by atoms with Crippen molar-refractivity contribution < 1.29 is 22.4 Å². The Kier molecular flexibility index (Phi) is 5.76. The topological polar surface area (TPSA) is 95.0 Å². The zero-order valence-electron chi connectivity index (χ0n) is 17.2. The first kappa shape index (κ1) is 21.3. The van der Waals surface area contributed by atoms with Gasteiger partial charge in [0.05, 0.1) is 24.6 Å². The van der Waals surface area contributed by atoms with Crippen LogP contribution in [0.5, 0.6) is 0 Å². The molecule has 1 atom stereocenters. The molecule has 166 valence electrons. The van der Waals surface area contributed by atoms with E-state index in [-0.39, 0.29) is 11.3 Å². The van der Waals surface area contributed by atoms with Crippen molar-refractivity contribution in [1.29, 1.82) is 0 Å². The number of urea groups is 1. The van der Waals surface area contributed by atoms with Crippen molar-refractivity contribution in [2.45, 2.75) is 26.4 Å². The monoisotopic (exact) mass is 443 g/mol. The summed E-state index contributed by atoms with van der Waals surface area (Å²) in [6.07, 6.45) is 3.18. The summed E-state index contributed by atoms with van der Waals surface area (Å²) in [5, 5.41) is 8.55. The second kappa shape index (κ2) is 8.66. The fourth-order valence-corrected chi connectivity index (χ4v) is 3.45. The van der Waals surface area contributed by atoms with Gasteiger partial charge in [-0.2, -0.15) is 0 Å². The molecule has 0 aliphatic rings. The predicted octanol–water partition coefficient (Wildman–Crippen LogP) is 5.38. The number of amides is 2. The van der Waals surface area contributed by atoms with E-state index in [4.69, 9.17) is 4.42 Å². The zero-order valence-corrected chi connectivity index (χ0v) is 17.2. The number of carbonyl (C=O) groups is 1. The smallest absolute Gasteiger partial charge is 0.319 e. The van der Waals surface area contributed by atoms with Gasteiger partial charge in [0, 0.05) is 34.6 Å². The van der Waals surface area contributed by atoms with Gasteiger partial charge in [-0.15, -0.1) is 0 Å². The number of benzene rings is 2. The van der Waals surface area contributed by atoms with Gasteiger partial charge in [-0.3, -0.25) is 0 Å². The lowest BCUT2D eigenvalue weighted by molar-refractivity contribution is 0.247. The van der Waals surface area contributed by atoms with E-state index < -0.39 is 29.5 Å².